The summed E-state index contributed by atoms with van der Waals surface area (Å²) in [5.41, 5.74) is 0.705. The highest BCUT2D eigenvalue weighted by Crippen LogP contribution is 2.25. The van der Waals surface area contributed by atoms with Gasteiger partial charge in [0.1, 0.15) is 11.5 Å². The van der Waals surface area contributed by atoms with E-state index in [9.17, 15) is 22.8 Å². The van der Waals surface area contributed by atoms with Gasteiger partial charge in [-0.05, 0) is 42.8 Å². The van der Waals surface area contributed by atoms with Crippen LogP contribution in [0.15, 0.2) is 48.5 Å². The van der Waals surface area contributed by atoms with Crippen LogP contribution in [-0.2, 0) is 4.79 Å². The van der Waals surface area contributed by atoms with Gasteiger partial charge in [-0.15, -0.1) is 13.2 Å². The summed E-state index contributed by atoms with van der Waals surface area (Å²) in [6.45, 7) is 0. The van der Waals surface area contributed by atoms with Gasteiger partial charge in [-0.25, -0.2) is 0 Å². The minimum atomic E-state index is -4.80. The van der Waals surface area contributed by atoms with E-state index in [0.717, 1.165) is 12.1 Å². The van der Waals surface area contributed by atoms with Crippen LogP contribution >= 0.6 is 0 Å². The van der Waals surface area contributed by atoms with Gasteiger partial charge in [0.15, 0.2) is 5.78 Å². The number of methoxy groups -OCH3 is 1. The molecule has 0 unspecified atom stereocenters. The third-order valence-electron chi connectivity index (χ3n) is 3.57. The topological polar surface area (TPSA) is 64.6 Å². The molecule has 2 rings (SSSR count). The number of ether oxygens (including phenoxy) is 2. The van der Waals surface area contributed by atoms with E-state index < -0.39 is 18.0 Å². The number of amides is 1. The summed E-state index contributed by atoms with van der Waals surface area (Å²) in [4.78, 5) is 24.0. The number of Topliss-reactive ketones (excluding diaryl/α,β-unsaturated/α-hetero) is 1. The van der Waals surface area contributed by atoms with Gasteiger partial charge >= 0.3 is 6.36 Å². The Morgan fingerprint density at radius 2 is 1.70 bits per heavy atom. The molecule has 0 aliphatic heterocycles. The maximum atomic E-state index is 12.2. The number of nitrogens with one attached hydrogen (secondary N) is 1. The Balaban J connectivity index is 1.80. The summed E-state index contributed by atoms with van der Waals surface area (Å²) < 4.78 is 45.4. The van der Waals surface area contributed by atoms with Crippen LogP contribution in [0.5, 0.6) is 11.5 Å². The monoisotopic (exact) mass is 381 g/mol. The Bertz CT molecular complexity index is 788. The van der Waals surface area contributed by atoms with Crippen molar-refractivity contribution in [2.24, 2.45) is 0 Å². The molecule has 0 bridgehead atoms. The Labute approximate surface area is 154 Å². The molecule has 0 aliphatic rings. The van der Waals surface area contributed by atoms with Gasteiger partial charge in [-0.2, -0.15) is 0 Å². The third-order valence-corrected chi connectivity index (χ3v) is 3.57. The Morgan fingerprint density at radius 1 is 1.00 bits per heavy atom. The molecule has 1 N–H and O–H groups in total. The summed E-state index contributed by atoms with van der Waals surface area (Å²) in [5.74, 6) is -0.287. The van der Waals surface area contributed by atoms with Crippen LogP contribution in [0.4, 0.5) is 18.9 Å². The first-order valence-electron chi connectivity index (χ1n) is 8.10. The number of hydrogen-bond donors (Lipinski definition) is 1. The minimum absolute atomic E-state index is 0.0618. The molecule has 0 fully saturated rings. The van der Waals surface area contributed by atoms with Crippen molar-refractivity contribution >= 4 is 17.4 Å². The molecule has 0 aliphatic carbocycles. The van der Waals surface area contributed by atoms with Crippen LogP contribution < -0.4 is 14.8 Å². The lowest BCUT2D eigenvalue weighted by Crippen LogP contribution is -2.17. The largest absolute Gasteiger partial charge is 0.573 e. The molecular weight excluding hydrogens is 363 g/mol. The Hall–Kier alpha value is -3.03. The van der Waals surface area contributed by atoms with Crippen LogP contribution in [-0.4, -0.2) is 25.2 Å². The van der Waals surface area contributed by atoms with Crippen LogP contribution in [0, 0.1) is 0 Å². The minimum Gasteiger partial charge on any atom is -0.497 e. The molecule has 0 spiro atoms. The maximum absolute atomic E-state index is 12.2. The quantitative estimate of drug-likeness (QED) is 0.680. The number of alkyl halides is 3. The van der Waals surface area contributed by atoms with Gasteiger partial charge in [0.05, 0.1) is 7.11 Å². The molecule has 0 atom stereocenters. The molecule has 5 nitrogen and oxygen atoms in total. The van der Waals surface area contributed by atoms with Crippen LogP contribution in [0.1, 0.15) is 29.6 Å². The molecule has 0 radical (unpaired) electrons. The first-order chi connectivity index (χ1) is 12.8. The van der Waals surface area contributed by atoms with E-state index in [4.69, 9.17) is 4.74 Å². The molecule has 2 aromatic rings. The Kier molecular flexibility index (Phi) is 6.81. The van der Waals surface area contributed by atoms with Crippen molar-refractivity contribution in [2.45, 2.75) is 25.6 Å². The first-order valence-corrected chi connectivity index (χ1v) is 8.10. The van der Waals surface area contributed by atoms with Crippen molar-refractivity contribution in [1.29, 1.82) is 0 Å². The van der Waals surface area contributed by atoms with Crippen molar-refractivity contribution in [2.75, 3.05) is 12.4 Å². The molecule has 0 aromatic heterocycles. The van der Waals surface area contributed by atoms with Crippen LogP contribution in [0.3, 0.4) is 0 Å². The second-order valence-electron chi connectivity index (χ2n) is 5.63. The number of halogens is 3. The highest BCUT2D eigenvalue weighted by Gasteiger charge is 2.31. The number of ketones is 1. The highest BCUT2D eigenvalue weighted by atomic mass is 19.4. The lowest BCUT2D eigenvalue weighted by atomic mass is 10.1. The molecule has 0 saturated heterocycles. The number of carbonyl (C=O) groups is 2. The van der Waals surface area contributed by atoms with Crippen molar-refractivity contribution in [3.8, 4) is 11.5 Å². The van der Waals surface area contributed by atoms with Crippen molar-refractivity contribution < 1.29 is 32.2 Å². The molecule has 144 valence electrons. The van der Waals surface area contributed by atoms with E-state index in [-0.39, 0.29) is 24.3 Å². The number of carbonyl (C=O) groups excluding carboxylic acids is 2. The fraction of sp³-hybridized carbons (Fsp3) is 0.263. The lowest BCUT2D eigenvalue weighted by molar-refractivity contribution is -0.274. The standard InChI is InChI=1S/C19H18F3NO4/c1-26-15-10-8-13(9-11-15)17(24)6-3-7-18(25)23-14-4-2-5-16(12-14)27-19(20,21)22/h2,4-5,8-12H,3,6-7H2,1H3,(H,23,25). The second kappa shape index (κ2) is 9.07. The number of rotatable bonds is 8. The number of hydrogen-bond acceptors (Lipinski definition) is 4. The highest BCUT2D eigenvalue weighted by molar-refractivity contribution is 5.96. The molecule has 0 saturated carbocycles. The molecule has 1 amide bonds. The fourth-order valence-electron chi connectivity index (χ4n) is 2.33. The van der Waals surface area contributed by atoms with Gasteiger partial charge in [-0.3, -0.25) is 9.59 Å². The zero-order valence-electron chi connectivity index (χ0n) is 14.5. The zero-order chi connectivity index (χ0) is 19.9. The summed E-state index contributed by atoms with van der Waals surface area (Å²) in [6, 6.07) is 11.6. The maximum Gasteiger partial charge on any atom is 0.573 e. The van der Waals surface area contributed by atoms with Crippen molar-refractivity contribution in [3.05, 3.63) is 54.1 Å². The summed E-state index contributed by atoms with van der Waals surface area (Å²) in [6.07, 6.45) is -4.25. The molecule has 8 heteroatoms. The van der Waals surface area contributed by atoms with Gasteiger partial charge < -0.3 is 14.8 Å². The van der Waals surface area contributed by atoms with Crippen molar-refractivity contribution in [3.63, 3.8) is 0 Å². The van der Waals surface area contributed by atoms with E-state index in [1.165, 1.54) is 19.2 Å². The first kappa shape index (κ1) is 20.3. The molecule has 27 heavy (non-hydrogen) atoms. The van der Waals surface area contributed by atoms with Crippen LogP contribution in [0.25, 0.3) is 0 Å². The van der Waals surface area contributed by atoms with Crippen molar-refractivity contribution in [1.82, 2.24) is 0 Å². The van der Waals surface area contributed by atoms with Gasteiger partial charge in [-0.1, -0.05) is 6.07 Å². The van der Waals surface area contributed by atoms with Crippen LogP contribution in [0.2, 0.25) is 0 Å². The summed E-state index contributed by atoms with van der Waals surface area (Å²) >= 11 is 0. The van der Waals surface area contributed by atoms with Gasteiger partial charge in [0, 0.05) is 30.2 Å². The average Bonchev–Trinajstić information content (AvgIpc) is 2.60. The van der Waals surface area contributed by atoms with E-state index in [0.29, 0.717) is 17.7 Å². The summed E-state index contributed by atoms with van der Waals surface area (Å²) in [7, 11) is 1.53. The van der Waals surface area contributed by atoms with E-state index in [2.05, 4.69) is 10.1 Å². The number of anilines is 1. The normalized spacial score (nSPS) is 11.0. The Morgan fingerprint density at radius 3 is 2.33 bits per heavy atom. The lowest BCUT2D eigenvalue weighted by Gasteiger charge is -2.10. The molecule has 0 heterocycles. The fourth-order valence-corrected chi connectivity index (χ4v) is 2.33. The van der Waals surface area contributed by atoms with E-state index in [1.807, 2.05) is 0 Å². The molecule has 2 aromatic carbocycles. The van der Waals surface area contributed by atoms with Gasteiger partial charge in [0.2, 0.25) is 5.91 Å². The van der Waals surface area contributed by atoms with E-state index >= 15 is 0 Å². The van der Waals surface area contributed by atoms with E-state index in [1.54, 1.807) is 24.3 Å². The third kappa shape index (κ3) is 7.01. The average molecular weight is 381 g/mol. The predicted molar refractivity (Wildman–Crippen MR) is 92.9 cm³/mol. The smallest absolute Gasteiger partial charge is 0.497 e. The zero-order valence-corrected chi connectivity index (χ0v) is 14.5. The summed E-state index contributed by atoms with van der Waals surface area (Å²) in [5, 5.41) is 2.48. The second-order valence-corrected chi connectivity index (χ2v) is 5.63. The predicted octanol–water partition coefficient (Wildman–Crippen LogP) is 4.59. The number of benzene rings is 2. The molecular formula is C19H18F3NO4. The SMILES string of the molecule is COc1ccc(C(=O)CCCC(=O)Nc2cccc(OC(F)(F)F)c2)cc1. The van der Waals surface area contributed by atoms with Gasteiger partial charge in [0.25, 0.3) is 0 Å².